The molecule has 0 aliphatic carbocycles. The van der Waals surface area contributed by atoms with Crippen molar-refractivity contribution in [3.8, 4) is 5.75 Å². The third-order valence-corrected chi connectivity index (χ3v) is 3.56. The third-order valence-electron chi connectivity index (χ3n) is 3.56. The van der Waals surface area contributed by atoms with Crippen molar-refractivity contribution in [1.29, 1.82) is 0 Å². The minimum atomic E-state index is -0.414. The first-order valence-corrected chi connectivity index (χ1v) is 6.30. The molecule has 2 N–H and O–H groups in total. The minimum Gasteiger partial charge on any atom is -0.508 e. The minimum absolute atomic E-state index is 0.0339. The second kappa shape index (κ2) is 5.40. The molecule has 2 atom stereocenters. The summed E-state index contributed by atoms with van der Waals surface area (Å²) in [5, 5.41) is 18.9. The Labute approximate surface area is 107 Å². The molecule has 1 saturated heterocycles. The second-order valence-corrected chi connectivity index (χ2v) is 5.02. The van der Waals surface area contributed by atoms with Gasteiger partial charge in [0.05, 0.1) is 12.5 Å². The van der Waals surface area contributed by atoms with Gasteiger partial charge in [-0.2, -0.15) is 0 Å². The normalized spacial score (nSPS) is 24.0. The molecule has 2 unspecified atom stereocenters. The van der Waals surface area contributed by atoms with Gasteiger partial charge in [-0.3, -0.25) is 4.79 Å². The van der Waals surface area contributed by atoms with Crippen LogP contribution in [-0.2, 0) is 11.2 Å². The molecule has 1 aromatic rings. The van der Waals surface area contributed by atoms with Gasteiger partial charge < -0.3 is 15.1 Å². The first kappa shape index (κ1) is 12.9. The fourth-order valence-electron chi connectivity index (χ4n) is 2.18. The molecule has 1 amide bonds. The fourth-order valence-corrected chi connectivity index (χ4v) is 2.18. The zero-order valence-electron chi connectivity index (χ0n) is 10.5. The number of nitrogens with zero attached hydrogens (tertiary/aromatic N) is 1. The number of phenols is 1. The Hall–Kier alpha value is -1.55. The number of phenolic OH excluding ortho intramolecular Hbond substituents is 1. The van der Waals surface area contributed by atoms with E-state index in [1.54, 1.807) is 29.2 Å². The van der Waals surface area contributed by atoms with E-state index in [-0.39, 0.29) is 17.6 Å². The summed E-state index contributed by atoms with van der Waals surface area (Å²) in [4.78, 5) is 13.8. The highest BCUT2D eigenvalue weighted by atomic mass is 16.3. The molecule has 98 valence electrons. The van der Waals surface area contributed by atoms with Gasteiger partial charge >= 0.3 is 0 Å². The van der Waals surface area contributed by atoms with E-state index in [0.29, 0.717) is 13.0 Å². The Kier molecular flexibility index (Phi) is 3.87. The van der Waals surface area contributed by atoms with E-state index >= 15 is 0 Å². The molecule has 1 fully saturated rings. The lowest BCUT2D eigenvalue weighted by atomic mass is 9.95. The third kappa shape index (κ3) is 3.01. The van der Waals surface area contributed by atoms with Gasteiger partial charge in [0, 0.05) is 13.1 Å². The SMILES string of the molecule is CC1CCN(C(=O)Cc2ccc(O)cc2)CC1O. The summed E-state index contributed by atoms with van der Waals surface area (Å²) in [6.07, 6.45) is 0.756. The van der Waals surface area contributed by atoms with E-state index in [9.17, 15) is 15.0 Å². The second-order valence-electron chi connectivity index (χ2n) is 5.02. The number of hydrogen-bond donors (Lipinski definition) is 2. The van der Waals surface area contributed by atoms with Crippen molar-refractivity contribution in [3.05, 3.63) is 29.8 Å². The highest BCUT2D eigenvalue weighted by Gasteiger charge is 2.26. The summed E-state index contributed by atoms with van der Waals surface area (Å²) in [5.74, 6) is 0.503. The van der Waals surface area contributed by atoms with Crippen LogP contribution in [0.3, 0.4) is 0 Å². The number of hydrogen-bond acceptors (Lipinski definition) is 3. The molecule has 2 rings (SSSR count). The number of piperidine rings is 1. The monoisotopic (exact) mass is 249 g/mol. The molecule has 0 aromatic heterocycles. The Morgan fingerprint density at radius 1 is 1.39 bits per heavy atom. The molecule has 18 heavy (non-hydrogen) atoms. The van der Waals surface area contributed by atoms with E-state index < -0.39 is 6.10 Å². The summed E-state index contributed by atoms with van der Waals surface area (Å²) in [7, 11) is 0. The maximum absolute atomic E-state index is 12.1. The molecular formula is C14H19NO3. The maximum Gasteiger partial charge on any atom is 0.227 e. The van der Waals surface area contributed by atoms with E-state index in [1.165, 1.54) is 0 Å². The zero-order chi connectivity index (χ0) is 13.1. The van der Waals surface area contributed by atoms with Gasteiger partial charge in [-0.25, -0.2) is 0 Å². The van der Waals surface area contributed by atoms with E-state index in [1.807, 2.05) is 6.92 Å². The molecule has 1 aliphatic heterocycles. The molecule has 1 aliphatic rings. The number of aliphatic hydroxyl groups excluding tert-OH is 1. The number of aliphatic hydroxyl groups is 1. The Morgan fingerprint density at radius 2 is 2.06 bits per heavy atom. The molecule has 1 heterocycles. The van der Waals surface area contributed by atoms with Crippen LogP contribution in [0, 0.1) is 5.92 Å². The lowest BCUT2D eigenvalue weighted by molar-refractivity contribution is -0.134. The van der Waals surface area contributed by atoms with Crippen molar-refractivity contribution in [2.45, 2.75) is 25.9 Å². The van der Waals surface area contributed by atoms with Gasteiger partial charge in [-0.1, -0.05) is 19.1 Å². The Bertz CT molecular complexity index is 416. The zero-order valence-corrected chi connectivity index (χ0v) is 10.5. The quantitative estimate of drug-likeness (QED) is 0.827. The van der Waals surface area contributed by atoms with Crippen LogP contribution in [0.5, 0.6) is 5.75 Å². The van der Waals surface area contributed by atoms with Crippen molar-refractivity contribution in [1.82, 2.24) is 4.90 Å². The number of amides is 1. The van der Waals surface area contributed by atoms with Gasteiger partial charge in [0.1, 0.15) is 5.75 Å². The highest BCUT2D eigenvalue weighted by Crippen LogP contribution is 2.18. The van der Waals surface area contributed by atoms with Crippen LogP contribution in [0.4, 0.5) is 0 Å². The van der Waals surface area contributed by atoms with E-state index in [0.717, 1.165) is 18.5 Å². The van der Waals surface area contributed by atoms with Crippen LogP contribution in [-0.4, -0.2) is 40.2 Å². The van der Waals surface area contributed by atoms with Gasteiger partial charge in [0.2, 0.25) is 5.91 Å². The first-order chi connectivity index (χ1) is 8.56. The average molecular weight is 249 g/mol. The smallest absolute Gasteiger partial charge is 0.227 e. The van der Waals surface area contributed by atoms with Crippen LogP contribution in [0.15, 0.2) is 24.3 Å². The standard InChI is InChI=1S/C14H19NO3/c1-10-6-7-15(9-13(10)17)14(18)8-11-2-4-12(16)5-3-11/h2-5,10,13,16-17H,6-9H2,1H3. The number of benzene rings is 1. The molecule has 4 heteroatoms. The summed E-state index contributed by atoms with van der Waals surface area (Å²) >= 11 is 0. The number of rotatable bonds is 2. The Morgan fingerprint density at radius 3 is 2.67 bits per heavy atom. The van der Waals surface area contributed by atoms with Crippen LogP contribution in [0.25, 0.3) is 0 Å². The van der Waals surface area contributed by atoms with Crippen molar-refractivity contribution >= 4 is 5.91 Å². The summed E-state index contributed by atoms with van der Waals surface area (Å²) in [5.41, 5.74) is 0.880. The predicted molar refractivity (Wildman–Crippen MR) is 68.2 cm³/mol. The van der Waals surface area contributed by atoms with Crippen LogP contribution < -0.4 is 0 Å². The van der Waals surface area contributed by atoms with Gasteiger partial charge in [-0.15, -0.1) is 0 Å². The van der Waals surface area contributed by atoms with Gasteiger partial charge in [-0.05, 0) is 30.0 Å². The van der Waals surface area contributed by atoms with Crippen molar-refractivity contribution in [2.24, 2.45) is 5.92 Å². The topological polar surface area (TPSA) is 60.8 Å². The number of likely N-dealkylation sites (tertiary alicyclic amines) is 1. The molecule has 0 spiro atoms. The van der Waals surface area contributed by atoms with Crippen LogP contribution in [0.1, 0.15) is 18.9 Å². The predicted octanol–water partition coefficient (Wildman–Crippen LogP) is 1.16. The highest BCUT2D eigenvalue weighted by molar-refractivity contribution is 5.79. The van der Waals surface area contributed by atoms with Crippen molar-refractivity contribution < 1.29 is 15.0 Å². The first-order valence-electron chi connectivity index (χ1n) is 6.30. The van der Waals surface area contributed by atoms with E-state index in [2.05, 4.69) is 0 Å². The van der Waals surface area contributed by atoms with Crippen molar-refractivity contribution in [2.75, 3.05) is 13.1 Å². The summed E-state index contributed by atoms with van der Waals surface area (Å²) in [6, 6.07) is 6.65. The molecule has 0 saturated carbocycles. The van der Waals surface area contributed by atoms with Gasteiger partial charge in [0.25, 0.3) is 0 Å². The number of aromatic hydroxyl groups is 1. The largest absolute Gasteiger partial charge is 0.508 e. The van der Waals surface area contributed by atoms with Crippen LogP contribution in [0.2, 0.25) is 0 Å². The summed E-state index contributed by atoms with van der Waals surface area (Å²) < 4.78 is 0. The molecule has 1 aromatic carbocycles. The van der Waals surface area contributed by atoms with Gasteiger partial charge in [0.15, 0.2) is 0 Å². The number of carbonyl (C=O) groups is 1. The van der Waals surface area contributed by atoms with Crippen molar-refractivity contribution in [3.63, 3.8) is 0 Å². The molecule has 4 nitrogen and oxygen atoms in total. The maximum atomic E-state index is 12.1. The molecule has 0 bridgehead atoms. The Balaban J connectivity index is 1.94. The fraction of sp³-hybridized carbons (Fsp3) is 0.500. The lowest BCUT2D eigenvalue weighted by Crippen LogP contribution is -2.46. The number of carbonyl (C=O) groups excluding carboxylic acids is 1. The molecular weight excluding hydrogens is 230 g/mol. The summed E-state index contributed by atoms with van der Waals surface area (Å²) in [6.45, 7) is 3.15. The number of β-amino-alcohol motifs (C(OH)–C–C–N with tert-alkyl or cyclic N) is 1. The van der Waals surface area contributed by atoms with E-state index in [4.69, 9.17) is 0 Å². The lowest BCUT2D eigenvalue weighted by Gasteiger charge is -2.34. The van der Waals surface area contributed by atoms with Crippen LogP contribution >= 0.6 is 0 Å². The average Bonchev–Trinajstić information content (AvgIpc) is 2.35. The molecule has 0 radical (unpaired) electrons.